The summed E-state index contributed by atoms with van der Waals surface area (Å²) in [4.78, 5) is 30.4. The second kappa shape index (κ2) is 5.02. The molecule has 2 aromatic heterocycles. The van der Waals surface area contributed by atoms with Crippen LogP contribution in [0, 0.1) is 6.92 Å². The summed E-state index contributed by atoms with van der Waals surface area (Å²) in [5, 5.41) is 12.4. The number of thiazole rings is 1. The SMILES string of the molecule is Cc1csc(-n2c(O)c(-c3ccccc3)c(=O)[nH]c2=O)n1. The predicted octanol–water partition coefficient (Wildman–Crippen LogP) is 1.66. The second-order valence-corrected chi connectivity index (χ2v) is 5.27. The molecule has 0 amide bonds. The molecule has 0 spiro atoms. The van der Waals surface area contributed by atoms with E-state index < -0.39 is 17.1 Å². The van der Waals surface area contributed by atoms with Gasteiger partial charge in [0, 0.05) is 5.38 Å². The lowest BCUT2D eigenvalue weighted by molar-refractivity contribution is 0.433. The van der Waals surface area contributed by atoms with Crippen LogP contribution in [0.25, 0.3) is 16.3 Å². The molecule has 3 aromatic rings. The highest BCUT2D eigenvalue weighted by atomic mass is 32.1. The highest BCUT2D eigenvalue weighted by Gasteiger charge is 2.18. The number of hydrogen-bond donors (Lipinski definition) is 2. The fourth-order valence-electron chi connectivity index (χ4n) is 2.01. The Labute approximate surface area is 123 Å². The molecule has 106 valence electrons. The van der Waals surface area contributed by atoms with Gasteiger partial charge in [0.25, 0.3) is 5.56 Å². The Hall–Kier alpha value is -2.67. The lowest BCUT2D eigenvalue weighted by Gasteiger charge is -2.08. The van der Waals surface area contributed by atoms with Crippen molar-refractivity contribution in [3.05, 3.63) is 62.2 Å². The summed E-state index contributed by atoms with van der Waals surface area (Å²) in [5.74, 6) is -0.413. The maximum atomic E-state index is 12.0. The first-order chi connectivity index (χ1) is 10.1. The summed E-state index contributed by atoms with van der Waals surface area (Å²) in [6.07, 6.45) is 0. The van der Waals surface area contributed by atoms with Crippen molar-refractivity contribution >= 4 is 11.3 Å². The van der Waals surface area contributed by atoms with E-state index in [0.717, 1.165) is 10.3 Å². The molecule has 0 saturated heterocycles. The Kier molecular flexibility index (Phi) is 3.19. The summed E-state index contributed by atoms with van der Waals surface area (Å²) >= 11 is 1.21. The lowest BCUT2D eigenvalue weighted by Crippen LogP contribution is -2.30. The van der Waals surface area contributed by atoms with E-state index in [1.54, 1.807) is 42.6 Å². The summed E-state index contributed by atoms with van der Waals surface area (Å²) in [6.45, 7) is 1.78. The molecule has 0 atom stereocenters. The Morgan fingerprint density at radius 2 is 1.95 bits per heavy atom. The normalized spacial score (nSPS) is 10.7. The van der Waals surface area contributed by atoms with E-state index in [-0.39, 0.29) is 5.56 Å². The van der Waals surface area contributed by atoms with Crippen molar-refractivity contribution in [2.75, 3.05) is 0 Å². The van der Waals surface area contributed by atoms with Crippen molar-refractivity contribution in [3.8, 4) is 22.1 Å². The van der Waals surface area contributed by atoms with Crippen LogP contribution in [0.3, 0.4) is 0 Å². The van der Waals surface area contributed by atoms with E-state index in [1.165, 1.54) is 11.3 Å². The Morgan fingerprint density at radius 3 is 2.57 bits per heavy atom. The Bertz CT molecular complexity index is 909. The minimum absolute atomic E-state index is 0.0445. The number of benzene rings is 1. The Morgan fingerprint density at radius 1 is 1.24 bits per heavy atom. The maximum Gasteiger partial charge on any atom is 0.337 e. The molecule has 0 saturated carbocycles. The number of hydrogen-bond acceptors (Lipinski definition) is 5. The van der Waals surface area contributed by atoms with Crippen LogP contribution in [-0.2, 0) is 0 Å². The monoisotopic (exact) mass is 301 g/mol. The van der Waals surface area contributed by atoms with Gasteiger partial charge in [0.1, 0.15) is 5.56 Å². The minimum atomic E-state index is -0.716. The molecule has 0 radical (unpaired) electrons. The van der Waals surface area contributed by atoms with Gasteiger partial charge < -0.3 is 5.11 Å². The molecule has 0 aliphatic rings. The zero-order valence-electron chi connectivity index (χ0n) is 11.0. The first-order valence-electron chi connectivity index (χ1n) is 6.14. The molecule has 0 aliphatic carbocycles. The smallest absolute Gasteiger partial charge is 0.337 e. The van der Waals surface area contributed by atoms with Crippen molar-refractivity contribution in [2.45, 2.75) is 6.92 Å². The number of nitrogens with one attached hydrogen (secondary N) is 1. The number of aromatic nitrogens is 3. The largest absolute Gasteiger partial charge is 0.493 e. The first-order valence-corrected chi connectivity index (χ1v) is 7.02. The standard InChI is InChI=1S/C14H11N3O3S/c1-8-7-21-14(15-8)17-12(19)10(11(18)16-13(17)20)9-5-3-2-4-6-9/h2-7,19H,1H3,(H,16,18,20). The van der Waals surface area contributed by atoms with Crippen LogP contribution in [0.1, 0.15) is 5.69 Å². The molecule has 7 heteroatoms. The quantitative estimate of drug-likeness (QED) is 0.753. The van der Waals surface area contributed by atoms with E-state index in [2.05, 4.69) is 9.97 Å². The molecular weight excluding hydrogens is 290 g/mol. The van der Waals surface area contributed by atoms with Crippen LogP contribution in [-0.4, -0.2) is 19.6 Å². The van der Waals surface area contributed by atoms with Gasteiger partial charge in [-0.3, -0.25) is 9.78 Å². The molecule has 6 nitrogen and oxygen atoms in total. The molecule has 3 rings (SSSR count). The number of aromatic hydroxyl groups is 1. The van der Waals surface area contributed by atoms with Crippen LogP contribution < -0.4 is 11.2 Å². The predicted molar refractivity (Wildman–Crippen MR) is 80.2 cm³/mol. The second-order valence-electron chi connectivity index (χ2n) is 4.43. The third-order valence-electron chi connectivity index (χ3n) is 2.95. The number of nitrogens with zero attached hydrogens (tertiary/aromatic N) is 2. The molecular formula is C14H11N3O3S. The third-order valence-corrected chi connectivity index (χ3v) is 3.89. The number of rotatable bonds is 2. The summed E-state index contributed by atoms with van der Waals surface area (Å²) < 4.78 is 1.00. The lowest BCUT2D eigenvalue weighted by atomic mass is 10.1. The van der Waals surface area contributed by atoms with Crippen LogP contribution in [0.15, 0.2) is 45.3 Å². The molecule has 2 heterocycles. The van der Waals surface area contributed by atoms with Gasteiger partial charge in [-0.2, -0.15) is 0 Å². The molecule has 21 heavy (non-hydrogen) atoms. The average Bonchev–Trinajstić information content (AvgIpc) is 2.85. The van der Waals surface area contributed by atoms with Crippen molar-refractivity contribution in [3.63, 3.8) is 0 Å². The highest BCUT2D eigenvalue weighted by Crippen LogP contribution is 2.26. The van der Waals surface area contributed by atoms with E-state index in [0.29, 0.717) is 10.7 Å². The van der Waals surface area contributed by atoms with Gasteiger partial charge in [-0.1, -0.05) is 30.3 Å². The van der Waals surface area contributed by atoms with Crippen molar-refractivity contribution in [1.29, 1.82) is 0 Å². The molecule has 0 fully saturated rings. The third kappa shape index (κ3) is 2.27. The van der Waals surface area contributed by atoms with Gasteiger partial charge in [-0.15, -0.1) is 11.3 Å². The highest BCUT2D eigenvalue weighted by molar-refractivity contribution is 7.12. The van der Waals surface area contributed by atoms with Gasteiger partial charge >= 0.3 is 5.69 Å². The molecule has 0 unspecified atom stereocenters. The Balaban J connectivity index is 2.33. The van der Waals surface area contributed by atoms with Crippen molar-refractivity contribution in [1.82, 2.24) is 14.5 Å². The molecule has 0 bridgehead atoms. The minimum Gasteiger partial charge on any atom is -0.493 e. The number of H-pyrrole nitrogens is 1. The number of aryl methyl sites for hydroxylation is 1. The van der Waals surface area contributed by atoms with E-state index in [1.807, 2.05) is 0 Å². The first kappa shape index (κ1) is 13.3. The van der Waals surface area contributed by atoms with Gasteiger partial charge in [-0.05, 0) is 12.5 Å². The molecule has 1 aromatic carbocycles. The van der Waals surface area contributed by atoms with Crippen molar-refractivity contribution in [2.24, 2.45) is 0 Å². The summed E-state index contributed by atoms with van der Waals surface area (Å²) in [6, 6.07) is 8.67. The van der Waals surface area contributed by atoms with Gasteiger partial charge in [0.2, 0.25) is 11.0 Å². The van der Waals surface area contributed by atoms with Gasteiger partial charge in [0.15, 0.2) is 0 Å². The van der Waals surface area contributed by atoms with Crippen molar-refractivity contribution < 1.29 is 5.11 Å². The van der Waals surface area contributed by atoms with Crippen LogP contribution >= 0.6 is 11.3 Å². The zero-order chi connectivity index (χ0) is 15.0. The summed E-state index contributed by atoms with van der Waals surface area (Å²) in [5.41, 5.74) is -0.0464. The zero-order valence-corrected chi connectivity index (χ0v) is 11.8. The van der Waals surface area contributed by atoms with Crippen LogP contribution in [0.4, 0.5) is 0 Å². The van der Waals surface area contributed by atoms with Crippen LogP contribution in [0.2, 0.25) is 0 Å². The number of aromatic amines is 1. The van der Waals surface area contributed by atoms with Gasteiger partial charge in [0.05, 0.1) is 5.69 Å². The average molecular weight is 301 g/mol. The van der Waals surface area contributed by atoms with E-state index in [4.69, 9.17) is 0 Å². The summed E-state index contributed by atoms with van der Waals surface area (Å²) in [7, 11) is 0. The van der Waals surface area contributed by atoms with Crippen LogP contribution in [0.5, 0.6) is 5.88 Å². The van der Waals surface area contributed by atoms with E-state index >= 15 is 0 Å². The fourth-order valence-corrected chi connectivity index (χ4v) is 2.81. The maximum absolute atomic E-state index is 12.0. The fraction of sp³-hybridized carbons (Fsp3) is 0.0714. The van der Waals surface area contributed by atoms with E-state index in [9.17, 15) is 14.7 Å². The molecule has 2 N–H and O–H groups in total. The van der Waals surface area contributed by atoms with Gasteiger partial charge in [-0.25, -0.2) is 14.3 Å². The topological polar surface area (TPSA) is 88.0 Å². The molecule has 0 aliphatic heterocycles.